The summed E-state index contributed by atoms with van der Waals surface area (Å²) in [5, 5.41) is 14.5. The second-order valence-electron chi connectivity index (χ2n) is 5.44. The van der Waals surface area contributed by atoms with Gasteiger partial charge in [0.2, 0.25) is 5.95 Å². The summed E-state index contributed by atoms with van der Waals surface area (Å²) < 4.78 is 0. The summed E-state index contributed by atoms with van der Waals surface area (Å²) in [5.74, 6) is 2.02. The maximum Gasteiger partial charge on any atom is 0.244 e. The van der Waals surface area contributed by atoms with E-state index in [0.29, 0.717) is 11.9 Å². The zero-order chi connectivity index (χ0) is 14.9. The first-order chi connectivity index (χ1) is 10.2. The SMILES string of the molecule is CC(C)CCNc1cnnc(NCCc2ccccc2)n1. The Morgan fingerprint density at radius 3 is 2.62 bits per heavy atom. The average molecular weight is 285 g/mol. The van der Waals surface area contributed by atoms with Crippen molar-refractivity contribution in [1.82, 2.24) is 15.2 Å². The summed E-state index contributed by atoms with van der Waals surface area (Å²) in [6.07, 6.45) is 3.71. The summed E-state index contributed by atoms with van der Waals surface area (Å²) in [6.45, 7) is 6.11. The van der Waals surface area contributed by atoms with Gasteiger partial charge >= 0.3 is 0 Å². The van der Waals surface area contributed by atoms with Crippen LogP contribution in [0.4, 0.5) is 11.8 Å². The fourth-order valence-electron chi connectivity index (χ4n) is 1.92. The van der Waals surface area contributed by atoms with E-state index >= 15 is 0 Å². The average Bonchev–Trinajstić information content (AvgIpc) is 2.48. The van der Waals surface area contributed by atoms with E-state index in [9.17, 15) is 0 Å². The molecule has 0 radical (unpaired) electrons. The van der Waals surface area contributed by atoms with Crippen molar-refractivity contribution in [1.29, 1.82) is 0 Å². The second-order valence-corrected chi connectivity index (χ2v) is 5.44. The maximum absolute atomic E-state index is 4.40. The summed E-state index contributed by atoms with van der Waals surface area (Å²) in [5.41, 5.74) is 1.30. The fourth-order valence-corrected chi connectivity index (χ4v) is 1.92. The Morgan fingerprint density at radius 1 is 1.05 bits per heavy atom. The first-order valence-corrected chi connectivity index (χ1v) is 7.45. The predicted molar refractivity (Wildman–Crippen MR) is 86.4 cm³/mol. The highest BCUT2D eigenvalue weighted by Crippen LogP contribution is 2.06. The normalized spacial score (nSPS) is 10.6. The number of hydrogen-bond donors (Lipinski definition) is 2. The zero-order valence-corrected chi connectivity index (χ0v) is 12.7. The lowest BCUT2D eigenvalue weighted by Crippen LogP contribution is -2.11. The second kappa shape index (κ2) is 8.19. The molecule has 5 nitrogen and oxygen atoms in total. The smallest absolute Gasteiger partial charge is 0.244 e. The van der Waals surface area contributed by atoms with Crippen LogP contribution in [0, 0.1) is 5.92 Å². The predicted octanol–water partition coefficient (Wildman–Crippen LogP) is 2.98. The molecule has 112 valence electrons. The standard InChI is InChI=1S/C16H23N5/c1-13(2)8-10-17-15-12-19-21-16(20-15)18-11-9-14-6-4-3-5-7-14/h3-7,12-13H,8-11H2,1-2H3,(H2,17,18,20,21). The molecule has 0 fully saturated rings. The Hall–Kier alpha value is -2.17. The van der Waals surface area contributed by atoms with E-state index in [1.54, 1.807) is 6.20 Å². The van der Waals surface area contributed by atoms with Gasteiger partial charge in [-0.25, -0.2) is 0 Å². The minimum Gasteiger partial charge on any atom is -0.369 e. The molecule has 2 N–H and O–H groups in total. The number of anilines is 2. The van der Waals surface area contributed by atoms with Crippen LogP contribution < -0.4 is 10.6 Å². The van der Waals surface area contributed by atoms with Crippen molar-refractivity contribution < 1.29 is 0 Å². The summed E-state index contributed by atoms with van der Waals surface area (Å²) >= 11 is 0. The molecule has 0 aliphatic carbocycles. The molecule has 1 aromatic carbocycles. The monoisotopic (exact) mass is 285 g/mol. The molecule has 0 saturated carbocycles. The summed E-state index contributed by atoms with van der Waals surface area (Å²) in [4.78, 5) is 4.40. The van der Waals surface area contributed by atoms with Crippen molar-refractivity contribution in [3.63, 3.8) is 0 Å². The Bertz CT molecular complexity index is 527. The molecule has 0 spiro atoms. The highest BCUT2D eigenvalue weighted by atomic mass is 15.3. The molecule has 5 heteroatoms. The first-order valence-electron chi connectivity index (χ1n) is 7.45. The largest absolute Gasteiger partial charge is 0.369 e. The molecule has 0 aliphatic rings. The van der Waals surface area contributed by atoms with E-state index in [4.69, 9.17) is 0 Å². The van der Waals surface area contributed by atoms with Crippen LogP contribution in [0.25, 0.3) is 0 Å². The fraction of sp³-hybridized carbons (Fsp3) is 0.438. The number of aromatic nitrogens is 3. The van der Waals surface area contributed by atoms with Crippen LogP contribution in [-0.2, 0) is 6.42 Å². The number of benzene rings is 1. The van der Waals surface area contributed by atoms with E-state index in [1.807, 2.05) is 18.2 Å². The molecule has 2 aromatic rings. The van der Waals surface area contributed by atoms with Crippen LogP contribution in [0.3, 0.4) is 0 Å². The molecule has 0 amide bonds. The number of nitrogens with zero attached hydrogens (tertiary/aromatic N) is 3. The molecule has 0 aliphatic heterocycles. The molecule has 1 heterocycles. The van der Waals surface area contributed by atoms with Crippen LogP contribution in [0.2, 0.25) is 0 Å². The number of hydrogen-bond acceptors (Lipinski definition) is 5. The Morgan fingerprint density at radius 2 is 1.86 bits per heavy atom. The molecule has 0 bridgehead atoms. The van der Waals surface area contributed by atoms with Gasteiger partial charge in [0.05, 0.1) is 6.20 Å². The number of nitrogens with one attached hydrogen (secondary N) is 2. The van der Waals surface area contributed by atoms with E-state index in [-0.39, 0.29) is 0 Å². The van der Waals surface area contributed by atoms with E-state index in [2.05, 4.69) is 51.8 Å². The van der Waals surface area contributed by atoms with Crippen molar-refractivity contribution in [2.45, 2.75) is 26.7 Å². The molecule has 1 aromatic heterocycles. The van der Waals surface area contributed by atoms with Gasteiger partial charge in [-0.2, -0.15) is 10.1 Å². The first kappa shape index (κ1) is 15.2. The topological polar surface area (TPSA) is 62.7 Å². The lowest BCUT2D eigenvalue weighted by molar-refractivity contribution is 0.606. The summed E-state index contributed by atoms with van der Waals surface area (Å²) in [6, 6.07) is 10.4. The highest BCUT2D eigenvalue weighted by molar-refractivity contribution is 5.36. The molecule has 2 rings (SSSR count). The molecule has 0 unspecified atom stereocenters. The van der Waals surface area contributed by atoms with Crippen LogP contribution in [0.1, 0.15) is 25.8 Å². The minimum absolute atomic E-state index is 0.570. The van der Waals surface area contributed by atoms with E-state index in [1.165, 1.54) is 5.56 Å². The van der Waals surface area contributed by atoms with E-state index in [0.717, 1.165) is 31.7 Å². The summed E-state index contributed by atoms with van der Waals surface area (Å²) in [7, 11) is 0. The Kier molecular flexibility index (Phi) is 5.94. The minimum atomic E-state index is 0.570. The van der Waals surface area contributed by atoms with Gasteiger partial charge in [0.25, 0.3) is 0 Å². The van der Waals surface area contributed by atoms with Crippen molar-refractivity contribution in [3.05, 3.63) is 42.1 Å². The highest BCUT2D eigenvalue weighted by Gasteiger charge is 2.01. The van der Waals surface area contributed by atoms with E-state index < -0.39 is 0 Å². The number of rotatable bonds is 8. The Balaban J connectivity index is 1.78. The van der Waals surface area contributed by atoms with Gasteiger partial charge in [-0.1, -0.05) is 44.2 Å². The quantitative estimate of drug-likeness (QED) is 0.780. The lowest BCUT2D eigenvalue weighted by atomic mass is 10.1. The third-order valence-electron chi connectivity index (χ3n) is 3.13. The molecule has 21 heavy (non-hydrogen) atoms. The van der Waals surface area contributed by atoms with Gasteiger partial charge in [-0.3, -0.25) is 0 Å². The molecule has 0 saturated heterocycles. The Labute approximate surface area is 126 Å². The van der Waals surface area contributed by atoms with Gasteiger partial charge in [0, 0.05) is 13.1 Å². The third-order valence-corrected chi connectivity index (χ3v) is 3.13. The maximum atomic E-state index is 4.40. The third kappa shape index (κ3) is 5.77. The van der Waals surface area contributed by atoms with Crippen LogP contribution >= 0.6 is 0 Å². The molecular formula is C16H23N5. The van der Waals surface area contributed by atoms with Crippen molar-refractivity contribution >= 4 is 11.8 Å². The van der Waals surface area contributed by atoms with Gasteiger partial charge < -0.3 is 10.6 Å². The molecule has 0 atom stereocenters. The van der Waals surface area contributed by atoms with Crippen LogP contribution in [-0.4, -0.2) is 28.3 Å². The lowest BCUT2D eigenvalue weighted by Gasteiger charge is -2.08. The van der Waals surface area contributed by atoms with Gasteiger partial charge in [0.15, 0.2) is 0 Å². The van der Waals surface area contributed by atoms with Gasteiger partial charge in [0.1, 0.15) is 5.82 Å². The van der Waals surface area contributed by atoms with Crippen LogP contribution in [0.15, 0.2) is 36.5 Å². The van der Waals surface area contributed by atoms with Gasteiger partial charge in [-0.15, -0.1) is 5.10 Å². The van der Waals surface area contributed by atoms with Crippen LogP contribution in [0.5, 0.6) is 0 Å². The van der Waals surface area contributed by atoms with Crippen molar-refractivity contribution in [3.8, 4) is 0 Å². The van der Waals surface area contributed by atoms with Crippen molar-refractivity contribution in [2.24, 2.45) is 5.92 Å². The zero-order valence-electron chi connectivity index (χ0n) is 12.7. The van der Waals surface area contributed by atoms with Crippen molar-refractivity contribution in [2.75, 3.05) is 23.7 Å². The van der Waals surface area contributed by atoms with Gasteiger partial charge in [-0.05, 0) is 24.3 Å². The molecular weight excluding hydrogens is 262 g/mol.